The zero-order valence-electron chi connectivity index (χ0n) is 8.62. The predicted octanol–water partition coefficient (Wildman–Crippen LogP) is 2.62. The Morgan fingerprint density at radius 2 is 2.00 bits per heavy atom. The molecule has 1 fully saturated rings. The van der Waals surface area contributed by atoms with Crippen LogP contribution in [0.5, 0.6) is 0 Å². The lowest BCUT2D eigenvalue weighted by atomic mass is 9.93. The molecule has 1 aliphatic carbocycles. The summed E-state index contributed by atoms with van der Waals surface area (Å²) in [4.78, 5) is 0. The molecule has 3 heteroatoms. The Morgan fingerprint density at radius 3 is 2.53 bits per heavy atom. The van der Waals surface area contributed by atoms with Crippen molar-refractivity contribution in [3.8, 4) is 0 Å². The Morgan fingerprint density at radius 1 is 1.33 bits per heavy atom. The van der Waals surface area contributed by atoms with Crippen molar-refractivity contribution in [2.75, 3.05) is 6.54 Å². The third kappa shape index (κ3) is 3.03. The van der Waals surface area contributed by atoms with Crippen LogP contribution in [0.2, 0.25) is 0 Å². The van der Waals surface area contributed by atoms with Crippen LogP contribution in [0, 0.1) is 0 Å². The minimum atomic E-state index is -0.390. The van der Waals surface area contributed by atoms with Gasteiger partial charge in [0, 0.05) is 17.1 Å². The molecular weight excluding hydrogens is 254 g/mol. The van der Waals surface area contributed by atoms with Gasteiger partial charge in [0.15, 0.2) is 0 Å². The average Bonchev–Trinajstić information content (AvgIpc) is 2.16. The first-order chi connectivity index (χ1) is 7.25. The van der Waals surface area contributed by atoms with E-state index in [0.29, 0.717) is 12.6 Å². The first kappa shape index (κ1) is 11.1. The van der Waals surface area contributed by atoms with Crippen LogP contribution >= 0.6 is 15.9 Å². The highest BCUT2D eigenvalue weighted by Crippen LogP contribution is 2.20. The summed E-state index contributed by atoms with van der Waals surface area (Å²) in [6.45, 7) is 0.659. The van der Waals surface area contributed by atoms with Crippen molar-refractivity contribution < 1.29 is 5.11 Å². The summed E-state index contributed by atoms with van der Waals surface area (Å²) < 4.78 is 1.05. The number of aliphatic hydroxyl groups is 1. The fourth-order valence-corrected chi connectivity index (χ4v) is 1.96. The smallest absolute Gasteiger partial charge is 0.0914 e. The van der Waals surface area contributed by atoms with E-state index in [1.165, 1.54) is 19.3 Å². The van der Waals surface area contributed by atoms with Crippen LogP contribution in [-0.2, 0) is 0 Å². The van der Waals surface area contributed by atoms with Crippen LogP contribution in [-0.4, -0.2) is 17.7 Å². The molecule has 82 valence electrons. The third-order valence-corrected chi connectivity index (χ3v) is 3.49. The fraction of sp³-hybridized carbons (Fsp3) is 0.500. The van der Waals surface area contributed by atoms with E-state index < -0.39 is 6.10 Å². The van der Waals surface area contributed by atoms with Gasteiger partial charge in [0.1, 0.15) is 0 Å². The van der Waals surface area contributed by atoms with Gasteiger partial charge in [-0.05, 0) is 30.5 Å². The van der Waals surface area contributed by atoms with Gasteiger partial charge in [0.2, 0.25) is 0 Å². The Balaban J connectivity index is 1.83. The van der Waals surface area contributed by atoms with Crippen LogP contribution in [0.3, 0.4) is 0 Å². The molecule has 1 atom stereocenters. The second-order valence-corrected chi connectivity index (χ2v) is 5.02. The summed E-state index contributed by atoms with van der Waals surface area (Å²) in [5, 5.41) is 13.3. The van der Waals surface area contributed by atoms with Gasteiger partial charge in [0.05, 0.1) is 6.10 Å². The molecule has 0 bridgehead atoms. The van der Waals surface area contributed by atoms with Gasteiger partial charge < -0.3 is 10.4 Å². The van der Waals surface area contributed by atoms with Crippen molar-refractivity contribution in [2.45, 2.75) is 31.4 Å². The number of hydrogen-bond donors (Lipinski definition) is 2. The van der Waals surface area contributed by atoms with Gasteiger partial charge in [-0.2, -0.15) is 0 Å². The highest BCUT2D eigenvalue weighted by atomic mass is 79.9. The zero-order chi connectivity index (χ0) is 10.7. The molecule has 0 radical (unpaired) electrons. The largest absolute Gasteiger partial charge is 0.387 e. The molecule has 15 heavy (non-hydrogen) atoms. The lowest BCUT2D eigenvalue weighted by Gasteiger charge is -2.27. The van der Waals surface area contributed by atoms with Crippen LogP contribution in [0.4, 0.5) is 0 Å². The van der Waals surface area contributed by atoms with Gasteiger partial charge in [-0.25, -0.2) is 0 Å². The monoisotopic (exact) mass is 269 g/mol. The summed E-state index contributed by atoms with van der Waals surface area (Å²) in [5.74, 6) is 0. The summed E-state index contributed by atoms with van der Waals surface area (Å²) in [7, 11) is 0. The van der Waals surface area contributed by atoms with Crippen molar-refractivity contribution in [1.82, 2.24) is 5.32 Å². The minimum Gasteiger partial charge on any atom is -0.387 e. The first-order valence-corrected chi connectivity index (χ1v) is 6.22. The second-order valence-electron chi connectivity index (χ2n) is 4.10. The number of hydrogen-bond acceptors (Lipinski definition) is 2. The Kier molecular flexibility index (Phi) is 3.78. The van der Waals surface area contributed by atoms with Crippen LogP contribution in [0.25, 0.3) is 0 Å². The van der Waals surface area contributed by atoms with E-state index >= 15 is 0 Å². The molecule has 0 spiro atoms. The van der Waals surface area contributed by atoms with Crippen molar-refractivity contribution in [3.05, 3.63) is 34.3 Å². The molecule has 0 heterocycles. The van der Waals surface area contributed by atoms with Crippen LogP contribution in [0.1, 0.15) is 30.9 Å². The van der Waals surface area contributed by atoms with E-state index in [4.69, 9.17) is 0 Å². The van der Waals surface area contributed by atoms with Crippen molar-refractivity contribution in [3.63, 3.8) is 0 Å². The molecule has 2 N–H and O–H groups in total. The Hall–Kier alpha value is -0.380. The summed E-state index contributed by atoms with van der Waals surface area (Å²) in [6.07, 6.45) is 3.45. The standard InChI is InChI=1S/C12H16BrNO/c13-10-6-4-9(5-7-10)12(15)8-14-11-2-1-3-11/h4-7,11-12,14-15H,1-3,8H2. The number of rotatable bonds is 4. The number of benzene rings is 1. The molecule has 0 aliphatic heterocycles. The number of halogens is 1. The maximum atomic E-state index is 9.90. The molecule has 1 unspecified atom stereocenters. The van der Waals surface area contributed by atoms with Gasteiger partial charge in [0.25, 0.3) is 0 Å². The minimum absolute atomic E-state index is 0.390. The molecule has 2 nitrogen and oxygen atoms in total. The van der Waals surface area contributed by atoms with Crippen LogP contribution in [0.15, 0.2) is 28.7 Å². The molecule has 1 saturated carbocycles. The predicted molar refractivity (Wildman–Crippen MR) is 64.7 cm³/mol. The second kappa shape index (κ2) is 5.10. The van der Waals surface area contributed by atoms with Crippen molar-refractivity contribution >= 4 is 15.9 Å². The summed E-state index contributed by atoms with van der Waals surface area (Å²) in [5.41, 5.74) is 0.977. The molecule has 1 aliphatic rings. The Bertz CT molecular complexity index is 308. The first-order valence-electron chi connectivity index (χ1n) is 5.42. The highest BCUT2D eigenvalue weighted by Gasteiger charge is 2.18. The Labute approximate surface area is 98.8 Å². The SMILES string of the molecule is OC(CNC1CCC1)c1ccc(Br)cc1. The summed E-state index contributed by atoms with van der Waals surface area (Å²) in [6, 6.07) is 8.47. The van der Waals surface area contributed by atoms with E-state index in [1.54, 1.807) is 0 Å². The van der Waals surface area contributed by atoms with E-state index in [2.05, 4.69) is 21.2 Å². The molecule has 0 saturated heterocycles. The van der Waals surface area contributed by atoms with E-state index in [0.717, 1.165) is 10.0 Å². The maximum Gasteiger partial charge on any atom is 0.0914 e. The van der Waals surface area contributed by atoms with Gasteiger partial charge in [-0.3, -0.25) is 0 Å². The fourth-order valence-electron chi connectivity index (χ4n) is 1.69. The van der Waals surface area contributed by atoms with Crippen LogP contribution < -0.4 is 5.32 Å². The topological polar surface area (TPSA) is 32.3 Å². The lowest BCUT2D eigenvalue weighted by molar-refractivity contribution is 0.161. The normalized spacial score (nSPS) is 18.5. The van der Waals surface area contributed by atoms with Crippen molar-refractivity contribution in [2.24, 2.45) is 0 Å². The van der Waals surface area contributed by atoms with E-state index in [1.807, 2.05) is 24.3 Å². The molecular formula is C12H16BrNO. The maximum absolute atomic E-state index is 9.90. The average molecular weight is 270 g/mol. The molecule has 1 aromatic carbocycles. The highest BCUT2D eigenvalue weighted by molar-refractivity contribution is 9.10. The zero-order valence-corrected chi connectivity index (χ0v) is 10.2. The van der Waals surface area contributed by atoms with E-state index in [9.17, 15) is 5.11 Å². The quantitative estimate of drug-likeness (QED) is 0.881. The van der Waals surface area contributed by atoms with Gasteiger partial charge in [-0.1, -0.05) is 34.5 Å². The molecule has 0 aromatic heterocycles. The van der Waals surface area contributed by atoms with E-state index in [-0.39, 0.29) is 0 Å². The molecule has 0 amide bonds. The number of nitrogens with one attached hydrogen (secondary N) is 1. The van der Waals surface area contributed by atoms with Gasteiger partial charge in [-0.15, -0.1) is 0 Å². The molecule has 2 rings (SSSR count). The van der Waals surface area contributed by atoms with Gasteiger partial charge >= 0.3 is 0 Å². The summed E-state index contributed by atoms with van der Waals surface area (Å²) >= 11 is 3.38. The number of aliphatic hydroxyl groups excluding tert-OH is 1. The van der Waals surface area contributed by atoms with Crippen molar-refractivity contribution in [1.29, 1.82) is 0 Å². The lowest BCUT2D eigenvalue weighted by Crippen LogP contribution is -2.37. The molecule has 1 aromatic rings. The third-order valence-electron chi connectivity index (χ3n) is 2.96.